The molecule has 23 heavy (non-hydrogen) atoms. The van der Waals surface area contributed by atoms with Gasteiger partial charge < -0.3 is 10.6 Å². The first kappa shape index (κ1) is 15.2. The van der Waals surface area contributed by atoms with Gasteiger partial charge in [-0.2, -0.15) is 0 Å². The van der Waals surface area contributed by atoms with E-state index in [4.69, 9.17) is 0 Å². The Bertz CT molecular complexity index is 773. The minimum Gasteiger partial charge on any atom is -0.351 e. The largest absolute Gasteiger partial charge is 0.351 e. The molecule has 2 aromatic rings. The molecule has 0 fully saturated rings. The maximum atomic E-state index is 13.3. The smallest absolute Gasteiger partial charge is 0.228 e. The normalized spacial score (nSPS) is 16.4. The Balaban J connectivity index is 1.78. The third-order valence-electron chi connectivity index (χ3n) is 4.09. The first-order valence-electron chi connectivity index (χ1n) is 7.46. The van der Waals surface area contributed by atoms with Crippen LogP contribution in [-0.4, -0.2) is 11.8 Å². The molecule has 2 aromatic carbocycles. The van der Waals surface area contributed by atoms with Crippen LogP contribution in [0.2, 0.25) is 0 Å². The topological polar surface area (TPSA) is 58.2 Å². The zero-order valence-corrected chi connectivity index (χ0v) is 12.7. The van der Waals surface area contributed by atoms with Crippen molar-refractivity contribution < 1.29 is 14.0 Å². The molecule has 0 aliphatic carbocycles. The number of carbonyl (C=O) groups excluding carboxylic acids is 2. The van der Waals surface area contributed by atoms with Crippen molar-refractivity contribution in [3.05, 3.63) is 65.0 Å². The van der Waals surface area contributed by atoms with Gasteiger partial charge in [0, 0.05) is 18.7 Å². The standard InChI is InChI=1S/C18H17FN2O2/c1-11-4-2-3-5-12(11)10-20-18(23)15-9-17(22)21-16-8-13(19)6-7-14(15)16/h2-8,15H,9-10H2,1H3,(H,20,23)(H,21,22). The summed E-state index contributed by atoms with van der Waals surface area (Å²) in [4.78, 5) is 24.3. The molecule has 0 saturated carbocycles. The Hall–Kier alpha value is -2.69. The zero-order valence-electron chi connectivity index (χ0n) is 12.7. The van der Waals surface area contributed by atoms with E-state index in [1.165, 1.54) is 12.1 Å². The summed E-state index contributed by atoms with van der Waals surface area (Å²) in [5.74, 6) is -1.54. The van der Waals surface area contributed by atoms with Gasteiger partial charge in [0.05, 0.1) is 5.92 Å². The number of hydrogen-bond acceptors (Lipinski definition) is 2. The number of aryl methyl sites for hydroxylation is 1. The van der Waals surface area contributed by atoms with Crippen molar-refractivity contribution in [2.45, 2.75) is 25.8 Å². The zero-order chi connectivity index (χ0) is 16.4. The van der Waals surface area contributed by atoms with Crippen LogP contribution in [-0.2, 0) is 16.1 Å². The number of rotatable bonds is 3. The fraction of sp³-hybridized carbons (Fsp3) is 0.222. The molecular weight excluding hydrogens is 295 g/mol. The second kappa shape index (κ2) is 6.20. The van der Waals surface area contributed by atoms with Gasteiger partial charge in [-0.25, -0.2) is 4.39 Å². The molecule has 0 saturated heterocycles. The summed E-state index contributed by atoms with van der Waals surface area (Å²) in [7, 11) is 0. The summed E-state index contributed by atoms with van der Waals surface area (Å²) in [6, 6.07) is 11.9. The number of anilines is 1. The summed E-state index contributed by atoms with van der Waals surface area (Å²) in [5.41, 5.74) is 3.14. The van der Waals surface area contributed by atoms with E-state index in [1.807, 2.05) is 31.2 Å². The van der Waals surface area contributed by atoms with Crippen LogP contribution in [0.4, 0.5) is 10.1 Å². The average Bonchev–Trinajstić information content (AvgIpc) is 2.52. The van der Waals surface area contributed by atoms with Crippen molar-refractivity contribution in [3.8, 4) is 0 Å². The molecule has 1 heterocycles. The van der Waals surface area contributed by atoms with Crippen molar-refractivity contribution in [3.63, 3.8) is 0 Å². The SMILES string of the molecule is Cc1ccccc1CNC(=O)C1CC(=O)Nc2cc(F)ccc21. The minimum atomic E-state index is -0.594. The maximum Gasteiger partial charge on any atom is 0.228 e. The highest BCUT2D eigenvalue weighted by atomic mass is 19.1. The highest BCUT2D eigenvalue weighted by molar-refractivity contribution is 6.01. The van der Waals surface area contributed by atoms with Crippen LogP contribution in [0.1, 0.15) is 29.0 Å². The second-order valence-corrected chi connectivity index (χ2v) is 5.68. The van der Waals surface area contributed by atoms with Crippen LogP contribution in [0.15, 0.2) is 42.5 Å². The van der Waals surface area contributed by atoms with Gasteiger partial charge in [-0.1, -0.05) is 30.3 Å². The van der Waals surface area contributed by atoms with Gasteiger partial charge in [0.15, 0.2) is 0 Å². The number of carbonyl (C=O) groups is 2. The van der Waals surface area contributed by atoms with E-state index < -0.39 is 11.7 Å². The van der Waals surface area contributed by atoms with E-state index >= 15 is 0 Å². The van der Waals surface area contributed by atoms with Gasteiger partial charge >= 0.3 is 0 Å². The van der Waals surface area contributed by atoms with Crippen LogP contribution >= 0.6 is 0 Å². The van der Waals surface area contributed by atoms with E-state index in [2.05, 4.69) is 10.6 Å². The Morgan fingerprint density at radius 1 is 1.30 bits per heavy atom. The minimum absolute atomic E-state index is 0.0677. The maximum absolute atomic E-state index is 13.3. The molecule has 5 heteroatoms. The lowest BCUT2D eigenvalue weighted by molar-refractivity contribution is -0.126. The summed E-state index contributed by atoms with van der Waals surface area (Å²) >= 11 is 0. The fourth-order valence-corrected chi connectivity index (χ4v) is 2.79. The molecule has 3 rings (SSSR count). The molecule has 4 nitrogen and oxygen atoms in total. The number of halogens is 1. The molecule has 1 atom stereocenters. The molecule has 0 spiro atoms. The lowest BCUT2D eigenvalue weighted by atomic mass is 9.89. The summed E-state index contributed by atoms with van der Waals surface area (Å²) in [6.07, 6.45) is 0.0677. The van der Waals surface area contributed by atoms with Crippen LogP contribution in [0.5, 0.6) is 0 Å². The highest BCUT2D eigenvalue weighted by Crippen LogP contribution is 2.32. The third-order valence-corrected chi connectivity index (χ3v) is 4.09. The van der Waals surface area contributed by atoms with Crippen molar-refractivity contribution in [2.24, 2.45) is 0 Å². The molecular formula is C18H17FN2O2. The molecule has 0 aromatic heterocycles. The Morgan fingerprint density at radius 3 is 2.87 bits per heavy atom. The van der Waals surface area contributed by atoms with E-state index in [9.17, 15) is 14.0 Å². The Morgan fingerprint density at radius 2 is 2.09 bits per heavy atom. The summed E-state index contributed by atoms with van der Waals surface area (Å²) < 4.78 is 13.3. The van der Waals surface area contributed by atoms with Crippen LogP contribution < -0.4 is 10.6 Å². The van der Waals surface area contributed by atoms with Gasteiger partial charge in [-0.05, 0) is 35.7 Å². The molecule has 0 bridgehead atoms. The van der Waals surface area contributed by atoms with E-state index in [-0.39, 0.29) is 18.2 Å². The first-order chi connectivity index (χ1) is 11.0. The van der Waals surface area contributed by atoms with Crippen LogP contribution in [0, 0.1) is 12.7 Å². The lowest BCUT2D eigenvalue weighted by Gasteiger charge is -2.25. The molecule has 118 valence electrons. The van der Waals surface area contributed by atoms with Crippen molar-refractivity contribution >= 4 is 17.5 Å². The number of benzene rings is 2. The Kier molecular flexibility index (Phi) is 4.10. The van der Waals surface area contributed by atoms with Crippen molar-refractivity contribution in [2.75, 3.05) is 5.32 Å². The quantitative estimate of drug-likeness (QED) is 0.915. The predicted octanol–water partition coefficient (Wildman–Crippen LogP) is 2.88. The molecule has 2 amide bonds. The van der Waals surface area contributed by atoms with E-state index in [0.717, 1.165) is 11.1 Å². The molecule has 0 radical (unpaired) electrons. The van der Waals surface area contributed by atoms with Gasteiger partial charge in [0.2, 0.25) is 11.8 Å². The molecule has 1 aliphatic rings. The summed E-state index contributed by atoms with van der Waals surface area (Å²) in [6.45, 7) is 2.38. The lowest BCUT2D eigenvalue weighted by Crippen LogP contribution is -2.34. The van der Waals surface area contributed by atoms with Gasteiger partial charge in [0.25, 0.3) is 0 Å². The fourth-order valence-electron chi connectivity index (χ4n) is 2.79. The van der Waals surface area contributed by atoms with E-state index in [1.54, 1.807) is 6.07 Å². The van der Waals surface area contributed by atoms with Crippen LogP contribution in [0.25, 0.3) is 0 Å². The van der Waals surface area contributed by atoms with Crippen LogP contribution in [0.3, 0.4) is 0 Å². The molecule has 1 unspecified atom stereocenters. The second-order valence-electron chi connectivity index (χ2n) is 5.68. The Labute approximate surface area is 133 Å². The van der Waals surface area contributed by atoms with Gasteiger partial charge in [0.1, 0.15) is 5.82 Å². The van der Waals surface area contributed by atoms with Crippen molar-refractivity contribution in [1.82, 2.24) is 5.32 Å². The highest BCUT2D eigenvalue weighted by Gasteiger charge is 2.30. The van der Waals surface area contributed by atoms with Gasteiger partial charge in [-0.15, -0.1) is 0 Å². The number of nitrogens with one attached hydrogen (secondary N) is 2. The number of amides is 2. The third kappa shape index (κ3) is 3.23. The summed E-state index contributed by atoms with van der Waals surface area (Å²) in [5, 5.41) is 5.48. The van der Waals surface area contributed by atoms with Gasteiger partial charge in [-0.3, -0.25) is 9.59 Å². The molecule has 2 N–H and O–H groups in total. The first-order valence-corrected chi connectivity index (χ1v) is 7.46. The number of fused-ring (bicyclic) bond motifs is 1. The molecule has 1 aliphatic heterocycles. The average molecular weight is 312 g/mol. The van der Waals surface area contributed by atoms with Crippen molar-refractivity contribution in [1.29, 1.82) is 0 Å². The monoisotopic (exact) mass is 312 g/mol. The number of hydrogen-bond donors (Lipinski definition) is 2. The van der Waals surface area contributed by atoms with E-state index in [0.29, 0.717) is 17.8 Å². The predicted molar refractivity (Wildman–Crippen MR) is 85.4 cm³/mol.